The fourth-order valence-corrected chi connectivity index (χ4v) is 1.88. The summed E-state index contributed by atoms with van der Waals surface area (Å²) in [5.41, 5.74) is 2.15. The smallest absolute Gasteiger partial charge is 0.335 e. The van der Waals surface area contributed by atoms with E-state index in [1.807, 2.05) is 6.92 Å². The van der Waals surface area contributed by atoms with E-state index in [-0.39, 0.29) is 5.56 Å². The van der Waals surface area contributed by atoms with E-state index < -0.39 is 12.0 Å². The standard InChI is InChI=1S/C15H13ClN2O3/c1-9-2-5-11(16)8-13(9)18-15(21)17-12-6-3-10(4-7-12)14(19)20/h2-8H,1H3,(H,19,20)(H2,17,18,21). The number of carbonyl (C=O) groups excluding carboxylic acids is 1. The Labute approximate surface area is 126 Å². The molecule has 2 amide bonds. The van der Waals surface area contributed by atoms with Gasteiger partial charge in [0.25, 0.3) is 0 Å². The fourth-order valence-electron chi connectivity index (χ4n) is 1.71. The van der Waals surface area contributed by atoms with Crippen LogP contribution < -0.4 is 10.6 Å². The van der Waals surface area contributed by atoms with E-state index in [9.17, 15) is 9.59 Å². The predicted molar refractivity (Wildman–Crippen MR) is 82.2 cm³/mol. The molecule has 0 spiro atoms. The molecule has 108 valence electrons. The van der Waals surface area contributed by atoms with Gasteiger partial charge in [-0.2, -0.15) is 0 Å². The highest BCUT2D eigenvalue weighted by molar-refractivity contribution is 6.31. The van der Waals surface area contributed by atoms with Crippen LogP contribution in [0.5, 0.6) is 0 Å². The number of carbonyl (C=O) groups is 2. The van der Waals surface area contributed by atoms with Gasteiger partial charge in [0.1, 0.15) is 0 Å². The summed E-state index contributed by atoms with van der Waals surface area (Å²) in [5, 5.41) is 14.6. The molecule has 0 saturated carbocycles. The van der Waals surface area contributed by atoms with Gasteiger partial charge in [0.05, 0.1) is 5.56 Å². The first-order valence-corrected chi connectivity index (χ1v) is 6.51. The quantitative estimate of drug-likeness (QED) is 0.802. The number of urea groups is 1. The van der Waals surface area contributed by atoms with Crippen LogP contribution >= 0.6 is 11.6 Å². The van der Waals surface area contributed by atoms with Crippen molar-refractivity contribution in [3.63, 3.8) is 0 Å². The zero-order valence-corrected chi connectivity index (χ0v) is 11.9. The molecule has 0 fully saturated rings. The maximum Gasteiger partial charge on any atom is 0.335 e. The van der Waals surface area contributed by atoms with Crippen LogP contribution in [-0.2, 0) is 0 Å². The molecule has 3 N–H and O–H groups in total. The Kier molecular flexibility index (Phi) is 4.45. The zero-order valence-electron chi connectivity index (χ0n) is 11.2. The molecular formula is C15H13ClN2O3. The van der Waals surface area contributed by atoms with E-state index in [1.54, 1.807) is 18.2 Å². The van der Waals surface area contributed by atoms with Crippen LogP contribution in [0, 0.1) is 6.92 Å². The number of halogens is 1. The topological polar surface area (TPSA) is 78.4 Å². The number of rotatable bonds is 3. The third-order valence-electron chi connectivity index (χ3n) is 2.84. The van der Waals surface area contributed by atoms with Gasteiger partial charge in [-0.3, -0.25) is 0 Å². The molecule has 0 aromatic heterocycles. The summed E-state index contributed by atoms with van der Waals surface area (Å²) in [6, 6.07) is 10.7. The average molecular weight is 305 g/mol. The number of nitrogens with one attached hydrogen (secondary N) is 2. The lowest BCUT2D eigenvalue weighted by Gasteiger charge is -2.10. The van der Waals surface area contributed by atoms with Gasteiger partial charge >= 0.3 is 12.0 Å². The Hall–Kier alpha value is -2.53. The van der Waals surface area contributed by atoms with Crippen LogP contribution in [0.4, 0.5) is 16.2 Å². The van der Waals surface area contributed by atoms with Crippen LogP contribution in [0.15, 0.2) is 42.5 Å². The third-order valence-corrected chi connectivity index (χ3v) is 3.07. The SMILES string of the molecule is Cc1ccc(Cl)cc1NC(=O)Nc1ccc(C(=O)O)cc1. The van der Waals surface area contributed by atoms with Crippen molar-refractivity contribution in [2.45, 2.75) is 6.92 Å². The lowest BCUT2D eigenvalue weighted by Crippen LogP contribution is -2.20. The van der Waals surface area contributed by atoms with Crippen molar-refractivity contribution in [2.75, 3.05) is 10.6 Å². The van der Waals surface area contributed by atoms with Crippen molar-refractivity contribution in [3.05, 3.63) is 58.6 Å². The van der Waals surface area contributed by atoms with Crippen molar-refractivity contribution in [3.8, 4) is 0 Å². The molecule has 21 heavy (non-hydrogen) atoms. The van der Waals surface area contributed by atoms with E-state index >= 15 is 0 Å². The molecule has 2 aromatic rings. The first kappa shape index (κ1) is 14.9. The number of amides is 2. The van der Waals surface area contributed by atoms with Gasteiger partial charge in [-0.15, -0.1) is 0 Å². The summed E-state index contributed by atoms with van der Waals surface area (Å²) in [7, 11) is 0. The number of aromatic carboxylic acids is 1. The maximum absolute atomic E-state index is 11.9. The first-order chi connectivity index (χ1) is 9.95. The number of carboxylic acids is 1. The highest BCUT2D eigenvalue weighted by Gasteiger charge is 2.07. The molecular weight excluding hydrogens is 292 g/mol. The van der Waals surface area contributed by atoms with Gasteiger partial charge in [0, 0.05) is 16.4 Å². The van der Waals surface area contributed by atoms with Crippen LogP contribution in [0.2, 0.25) is 5.02 Å². The second-order valence-electron chi connectivity index (χ2n) is 4.42. The second kappa shape index (κ2) is 6.28. The van der Waals surface area contributed by atoms with E-state index in [4.69, 9.17) is 16.7 Å². The zero-order chi connectivity index (χ0) is 15.4. The van der Waals surface area contributed by atoms with Gasteiger partial charge < -0.3 is 15.7 Å². The minimum atomic E-state index is -1.01. The molecule has 0 aliphatic rings. The average Bonchev–Trinajstić information content (AvgIpc) is 2.43. The Balaban J connectivity index is 2.04. The lowest BCUT2D eigenvalue weighted by molar-refractivity contribution is 0.0697. The molecule has 0 heterocycles. The highest BCUT2D eigenvalue weighted by atomic mass is 35.5. The minimum Gasteiger partial charge on any atom is -0.478 e. The summed E-state index contributed by atoms with van der Waals surface area (Å²) < 4.78 is 0. The van der Waals surface area contributed by atoms with Crippen molar-refractivity contribution in [1.29, 1.82) is 0 Å². The van der Waals surface area contributed by atoms with Crippen LogP contribution in [0.3, 0.4) is 0 Å². The molecule has 0 atom stereocenters. The summed E-state index contributed by atoms with van der Waals surface area (Å²) in [6.07, 6.45) is 0. The Morgan fingerprint density at radius 2 is 1.71 bits per heavy atom. The fraction of sp³-hybridized carbons (Fsp3) is 0.0667. The van der Waals surface area contributed by atoms with E-state index in [2.05, 4.69) is 10.6 Å². The normalized spacial score (nSPS) is 10.0. The summed E-state index contributed by atoms with van der Waals surface area (Å²) in [5.74, 6) is -1.01. The van der Waals surface area contributed by atoms with E-state index in [1.165, 1.54) is 24.3 Å². The second-order valence-corrected chi connectivity index (χ2v) is 4.86. The number of aryl methyl sites for hydroxylation is 1. The van der Waals surface area contributed by atoms with Gasteiger partial charge in [0.15, 0.2) is 0 Å². The molecule has 0 aliphatic heterocycles. The lowest BCUT2D eigenvalue weighted by atomic mass is 10.2. The van der Waals surface area contributed by atoms with Gasteiger partial charge in [-0.05, 0) is 48.9 Å². The monoisotopic (exact) mass is 304 g/mol. The third kappa shape index (κ3) is 3.97. The molecule has 6 heteroatoms. The Morgan fingerprint density at radius 1 is 1.05 bits per heavy atom. The first-order valence-electron chi connectivity index (χ1n) is 6.13. The summed E-state index contributed by atoms with van der Waals surface area (Å²) in [4.78, 5) is 22.6. The molecule has 0 radical (unpaired) electrons. The summed E-state index contributed by atoms with van der Waals surface area (Å²) >= 11 is 5.88. The Morgan fingerprint density at radius 3 is 2.33 bits per heavy atom. The van der Waals surface area contributed by atoms with Crippen molar-refractivity contribution < 1.29 is 14.7 Å². The Bertz CT molecular complexity index is 684. The largest absolute Gasteiger partial charge is 0.478 e. The van der Waals surface area contributed by atoms with Crippen molar-refractivity contribution in [1.82, 2.24) is 0 Å². The van der Waals surface area contributed by atoms with E-state index in [0.29, 0.717) is 16.4 Å². The highest BCUT2D eigenvalue weighted by Crippen LogP contribution is 2.20. The molecule has 0 aliphatic carbocycles. The van der Waals surface area contributed by atoms with Gasteiger partial charge in [0.2, 0.25) is 0 Å². The summed E-state index contributed by atoms with van der Waals surface area (Å²) in [6.45, 7) is 1.85. The van der Waals surface area contributed by atoms with Gasteiger partial charge in [-0.25, -0.2) is 9.59 Å². The minimum absolute atomic E-state index is 0.159. The molecule has 0 saturated heterocycles. The van der Waals surface area contributed by atoms with E-state index in [0.717, 1.165) is 5.56 Å². The number of anilines is 2. The van der Waals surface area contributed by atoms with Crippen molar-refractivity contribution >= 4 is 35.0 Å². The van der Waals surface area contributed by atoms with Crippen molar-refractivity contribution in [2.24, 2.45) is 0 Å². The maximum atomic E-state index is 11.9. The molecule has 0 bridgehead atoms. The van der Waals surface area contributed by atoms with Gasteiger partial charge in [-0.1, -0.05) is 17.7 Å². The number of hydrogen-bond acceptors (Lipinski definition) is 2. The predicted octanol–water partition coefficient (Wildman–Crippen LogP) is 3.99. The number of benzene rings is 2. The van der Waals surface area contributed by atoms with Crippen LogP contribution in [0.1, 0.15) is 15.9 Å². The number of hydrogen-bond donors (Lipinski definition) is 3. The molecule has 2 rings (SSSR count). The number of carboxylic acid groups (broad SMARTS) is 1. The molecule has 5 nitrogen and oxygen atoms in total. The molecule has 2 aromatic carbocycles. The van der Waals surface area contributed by atoms with Crippen LogP contribution in [-0.4, -0.2) is 17.1 Å². The molecule has 0 unspecified atom stereocenters. The van der Waals surface area contributed by atoms with Crippen LogP contribution in [0.25, 0.3) is 0 Å².